The minimum Gasteiger partial charge on any atom is -0.376 e. The van der Waals surface area contributed by atoms with Crippen molar-refractivity contribution in [2.75, 3.05) is 18.5 Å². The Balaban J connectivity index is 1.17. The van der Waals surface area contributed by atoms with E-state index in [0.717, 1.165) is 35.3 Å². The lowest BCUT2D eigenvalue weighted by Gasteiger charge is -2.17. The van der Waals surface area contributed by atoms with Gasteiger partial charge in [0.2, 0.25) is 0 Å². The van der Waals surface area contributed by atoms with Gasteiger partial charge in [0, 0.05) is 23.4 Å². The van der Waals surface area contributed by atoms with E-state index in [9.17, 15) is 14.4 Å². The Kier molecular flexibility index (Phi) is 5.15. The van der Waals surface area contributed by atoms with E-state index in [1.807, 2.05) is 36.4 Å². The standard InChI is InChI=1S/C27H22N4O4/c32-25(28-18-10-7-16(8-11-18)24-29-22-5-1-2-6-23(22)30-24)17-9-12-20-21(14-17)27(34)31(26(20)33)15-19-4-3-13-35-19/h1-2,5-12,14,19H,3-4,13,15H2,(H,28,32)(H,29,30). The molecule has 1 unspecified atom stereocenters. The van der Waals surface area contributed by atoms with E-state index < -0.39 is 0 Å². The number of hydrogen-bond acceptors (Lipinski definition) is 5. The molecule has 8 heteroatoms. The van der Waals surface area contributed by atoms with Gasteiger partial charge in [0.15, 0.2) is 0 Å². The molecule has 35 heavy (non-hydrogen) atoms. The number of nitrogens with zero attached hydrogens (tertiary/aromatic N) is 2. The van der Waals surface area contributed by atoms with Gasteiger partial charge in [0.25, 0.3) is 17.7 Å². The molecule has 6 rings (SSSR count). The molecular weight excluding hydrogens is 444 g/mol. The predicted molar refractivity (Wildman–Crippen MR) is 130 cm³/mol. The van der Waals surface area contributed by atoms with Gasteiger partial charge in [0.05, 0.1) is 34.8 Å². The average Bonchev–Trinajstić information content (AvgIpc) is 3.60. The number of imide groups is 1. The summed E-state index contributed by atoms with van der Waals surface area (Å²) in [5.74, 6) is -0.334. The van der Waals surface area contributed by atoms with Gasteiger partial charge in [-0.25, -0.2) is 4.98 Å². The van der Waals surface area contributed by atoms with E-state index in [1.165, 1.54) is 11.0 Å². The van der Waals surface area contributed by atoms with Crippen molar-refractivity contribution in [3.63, 3.8) is 0 Å². The molecule has 0 radical (unpaired) electrons. The van der Waals surface area contributed by atoms with Crippen molar-refractivity contribution in [3.8, 4) is 11.4 Å². The third kappa shape index (κ3) is 3.87. The van der Waals surface area contributed by atoms with Gasteiger partial charge in [-0.15, -0.1) is 0 Å². The van der Waals surface area contributed by atoms with Crippen molar-refractivity contribution >= 4 is 34.4 Å². The van der Waals surface area contributed by atoms with Crippen LogP contribution in [-0.2, 0) is 4.74 Å². The van der Waals surface area contributed by atoms with Crippen molar-refractivity contribution in [2.45, 2.75) is 18.9 Å². The zero-order valence-corrected chi connectivity index (χ0v) is 18.8. The van der Waals surface area contributed by atoms with Gasteiger partial charge in [-0.2, -0.15) is 0 Å². The van der Waals surface area contributed by atoms with Crippen molar-refractivity contribution in [1.29, 1.82) is 0 Å². The number of amides is 3. The number of benzene rings is 3. The zero-order chi connectivity index (χ0) is 23.9. The average molecular weight is 466 g/mol. The molecule has 8 nitrogen and oxygen atoms in total. The summed E-state index contributed by atoms with van der Waals surface area (Å²) in [6, 6.07) is 19.8. The van der Waals surface area contributed by atoms with E-state index in [2.05, 4.69) is 15.3 Å². The number of carbonyl (C=O) groups is 3. The lowest BCUT2D eigenvalue weighted by Crippen LogP contribution is -2.36. The topological polar surface area (TPSA) is 104 Å². The summed E-state index contributed by atoms with van der Waals surface area (Å²) < 4.78 is 5.57. The fraction of sp³-hybridized carbons (Fsp3) is 0.185. The number of rotatable bonds is 5. The molecule has 1 aromatic heterocycles. The Morgan fingerprint density at radius 1 is 1.03 bits per heavy atom. The molecule has 2 aliphatic heterocycles. The fourth-order valence-electron chi connectivity index (χ4n) is 4.59. The number of ether oxygens (including phenoxy) is 1. The maximum Gasteiger partial charge on any atom is 0.261 e. The largest absolute Gasteiger partial charge is 0.376 e. The molecular formula is C27H22N4O4. The van der Waals surface area contributed by atoms with Crippen LogP contribution in [0.2, 0.25) is 0 Å². The summed E-state index contributed by atoms with van der Waals surface area (Å²) in [5.41, 5.74) is 4.23. The van der Waals surface area contributed by atoms with Gasteiger partial charge in [0.1, 0.15) is 5.82 Å². The molecule has 4 aromatic rings. The molecule has 3 heterocycles. The fourth-order valence-corrected chi connectivity index (χ4v) is 4.59. The molecule has 3 aromatic carbocycles. The predicted octanol–water partition coefficient (Wildman–Crippen LogP) is 4.26. The van der Waals surface area contributed by atoms with Gasteiger partial charge in [-0.1, -0.05) is 12.1 Å². The summed E-state index contributed by atoms with van der Waals surface area (Å²) >= 11 is 0. The van der Waals surface area contributed by atoms with Crippen LogP contribution in [0.5, 0.6) is 0 Å². The summed E-state index contributed by atoms with van der Waals surface area (Å²) in [5, 5.41) is 2.85. The quantitative estimate of drug-likeness (QED) is 0.428. The molecule has 1 fully saturated rings. The SMILES string of the molecule is O=C(Nc1ccc(-c2nc3ccccc3[nH]2)cc1)c1ccc2c(c1)C(=O)N(CC1CCCO1)C2=O. The summed E-state index contributed by atoms with van der Waals surface area (Å²) in [4.78, 5) is 47.6. The Hall–Kier alpha value is -4.30. The van der Waals surface area contributed by atoms with Crippen molar-refractivity contribution in [1.82, 2.24) is 14.9 Å². The third-order valence-corrected chi connectivity index (χ3v) is 6.45. The number of imidazole rings is 1. The smallest absolute Gasteiger partial charge is 0.261 e. The van der Waals surface area contributed by atoms with Crippen molar-refractivity contribution in [2.24, 2.45) is 0 Å². The lowest BCUT2D eigenvalue weighted by atomic mass is 10.1. The van der Waals surface area contributed by atoms with Crippen LogP contribution in [0, 0.1) is 0 Å². The van der Waals surface area contributed by atoms with Gasteiger partial charge < -0.3 is 15.0 Å². The van der Waals surface area contributed by atoms with Crippen LogP contribution in [0.3, 0.4) is 0 Å². The van der Waals surface area contributed by atoms with E-state index in [-0.39, 0.29) is 35.9 Å². The van der Waals surface area contributed by atoms with Crippen molar-refractivity contribution < 1.29 is 19.1 Å². The van der Waals surface area contributed by atoms with Crippen molar-refractivity contribution in [3.05, 3.63) is 83.4 Å². The molecule has 0 saturated carbocycles. The van der Waals surface area contributed by atoms with E-state index in [1.54, 1.807) is 24.3 Å². The molecule has 2 N–H and O–H groups in total. The first-order chi connectivity index (χ1) is 17.1. The number of nitrogens with one attached hydrogen (secondary N) is 2. The van der Waals surface area contributed by atoms with Gasteiger partial charge in [-0.05, 0) is 67.4 Å². The summed E-state index contributed by atoms with van der Waals surface area (Å²) in [6.45, 7) is 0.892. The number of anilines is 1. The van der Waals surface area contributed by atoms with E-state index in [4.69, 9.17) is 4.74 Å². The van der Waals surface area contributed by atoms with E-state index >= 15 is 0 Å². The molecule has 0 spiro atoms. The first kappa shape index (κ1) is 21.2. The number of fused-ring (bicyclic) bond motifs is 2. The number of aromatic amines is 1. The van der Waals surface area contributed by atoms with Crippen LogP contribution in [-0.4, -0.2) is 51.8 Å². The second kappa shape index (κ2) is 8.48. The van der Waals surface area contributed by atoms with Crippen LogP contribution < -0.4 is 5.32 Å². The molecule has 1 atom stereocenters. The highest BCUT2D eigenvalue weighted by atomic mass is 16.5. The minimum absolute atomic E-state index is 0.123. The highest BCUT2D eigenvalue weighted by Crippen LogP contribution is 2.27. The number of aromatic nitrogens is 2. The number of carbonyl (C=O) groups excluding carboxylic acids is 3. The maximum absolute atomic E-state index is 12.9. The van der Waals surface area contributed by atoms with Crippen LogP contribution in [0.15, 0.2) is 66.7 Å². The van der Waals surface area contributed by atoms with Crippen LogP contribution in [0.25, 0.3) is 22.4 Å². The number of hydrogen-bond donors (Lipinski definition) is 2. The second-order valence-corrected chi connectivity index (χ2v) is 8.75. The molecule has 174 valence electrons. The Labute approximate surface area is 200 Å². The molecule has 0 bridgehead atoms. The molecule has 0 aliphatic carbocycles. The van der Waals surface area contributed by atoms with Crippen LogP contribution in [0.1, 0.15) is 43.9 Å². The minimum atomic E-state index is -0.384. The number of H-pyrrole nitrogens is 1. The van der Waals surface area contributed by atoms with Crippen LogP contribution in [0.4, 0.5) is 5.69 Å². The first-order valence-corrected chi connectivity index (χ1v) is 11.6. The maximum atomic E-state index is 12.9. The highest BCUT2D eigenvalue weighted by molar-refractivity contribution is 6.22. The molecule has 3 amide bonds. The van der Waals surface area contributed by atoms with Crippen LogP contribution >= 0.6 is 0 Å². The van der Waals surface area contributed by atoms with E-state index in [0.29, 0.717) is 23.4 Å². The Bertz CT molecular complexity index is 1440. The zero-order valence-electron chi connectivity index (χ0n) is 18.8. The second-order valence-electron chi connectivity index (χ2n) is 8.75. The van der Waals surface area contributed by atoms with Gasteiger partial charge in [-0.3, -0.25) is 19.3 Å². The molecule has 1 saturated heterocycles. The van der Waals surface area contributed by atoms with Gasteiger partial charge >= 0.3 is 0 Å². The summed E-state index contributed by atoms with van der Waals surface area (Å²) in [7, 11) is 0. The Morgan fingerprint density at radius 3 is 2.60 bits per heavy atom. The summed E-state index contributed by atoms with van der Waals surface area (Å²) in [6.07, 6.45) is 1.63. The first-order valence-electron chi connectivity index (χ1n) is 11.6. The normalized spacial score (nSPS) is 17.3. The highest BCUT2D eigenvalue weighted by Gasteiger charge is 2.38. The Morgan fingerprint density at radius 2 is 1.83 bits per heavy atom. The lowest BCUT2D eigenvalue weighted by molar-refractivity contribution is 0.0475. The number of para-hydroxylation sites is 2. The third-order valence-electron chi connectivity index (χ3n) is 6.45. The monoisotopic (exact) mass is 466 g/mol. The molecule has 2 aliphatic rings.